The van der Waals surface area contributed by atoms with E-state index in [0.29, 0.717) is 0 Å². The van der Waals surface area contributed by atoms with Crippen LogP contribution >= 0.6 is 0 Å². The summed E-state index contributed by atoms with van der Waals surface area (Å²) in [5, 5.41) is 26.6. The van der Waals surface area contributed by atoms with Gasteiger partial charge >= 0.3 is 0 Å². The average molecular weight is 871 g/mol. The predicted molar refractivity (Wildman–Crippen MR) is 274 cm³/mol. The quantitative estimate of drug-likeness (QED) is 0.103. The van der Waals surface area contributed by atoms with Crippen LogP contribution in [-0.4, -0.2) is 50.5 Å². The number of aromatic amines is 5. The molecule has 10 heteroatoms. The Morgan fingerprint density at radius 2 is 0.738 bits per heavy atom. The van der Waals surface area contributed by atoms with Gasteiger partial charge in [0.1, 0.15) is 5.65 Å². The summed E-state index contributed by atoms with van der Waals surface area (Å²) in [6.07, 6.45) is 13.3. The molecule has 65 heavy (non-hydrogen) atoms. The molecule has 0 aliphatic rings. The van der Waals surface area contributed by atoms with Crippen molar-refractivity contribution in [1.82, 2.24) is 50.5 Å². The Hall–Kier alpha value is -6.55. The van der Waals surface area contributed by atoms with Gasteiger partial charge in [0.2, 0.25) is 0 Å². The molecule has 0 atom stereocenters. The van der Waals surface area contributed by atoms with Gasteiger partial charge in [0.15, 0.2) is 5.65 Å². The van der Waals surface area contributed by atoms with Crippen molar-refractivity contribution in [3.05, 3.63) is 150 Å². The second-order valence-electron chi connectivity index (χ2n) is 22.0. The van der Waals surface area contributed by atoms with Crippen molar-refractivity contribution >= 4 is 54.8 Å². The Kier molecular flexibility index (Phi) is 13.9. The molecule has 5 N–H and O–H groups in total. The molecule has 0 saturated carbocycles. The molecule has 0 aliphatic heterocycles. The standard InChI is InChI=1S/C12H15N.3C11H14N2.C10H13N3/c1-12(2,3)10-4-5-11-9(8-10)6-7-13-11;1-11(2,3)9-4-5-10-8(6-9)7-12-13-10;1-11(2,3)9-5-4-8-7-12-13-10(8)6-9;1-11(2,3)9-6-8-4-5-12-10(8)13-7-9;1-10(2,3)8-4-7-5-12-13-9(7)11-6-8/h4-8,13H,1-3H3;3*4-7H,1-3H3,(H,12,13);4-6H,1-3H3,(H,11,12,13). The third-order valence-electron chi connectivity index (χ3n) is 11.5. The van der Waals surface area contributed by atoms with Crippen molar-refractivity contribution in [3.8, 4) is 0 Å². The largest absolute Gasteiger partial charge is 0.361 e. The molecule has 10 nitrogen and oxygen atoms in total. The van der Waals surface area contributed by atoms with Gasteiger partial charge in [-0.15, -0.1) is 0 Å². The Balaban J connectivity index is 0.000000135. The van der Waals surface area contributed by atoms with Crippen LogP contribution in [0, 0.1) is 0 Å². The van der Waals surface area contributed by atoms with E-state index in [0.717, 1.165) is 27.7 Å². The third-order valence-corrected chi connectivity index (χ3v) is 11.5. The molecule has 0 unspecified atom stereocenters. The second-order valence-corrected chi connectivity index (χ2v) is 22.0. The number of nitrogens with zero attached hydrogens (tertiary/aromatic N) is 5. The lowest BCUT2D eigenvalue weighted by Gasteiger charge is -2.18. The van der Waals surface area contributed by atoms with Crippen LogP contribution in [0.15, 0.2) is 122 Å². The smallest absolute Gasteiger partial charge is 0.155 e. The fourth-order valence-electron chi connectivity index (χ4n) is 6.93. The molecule has 0 bridgehead atoms. The van der Waals surface area contributed by atoms with E-state index in [1.54, 1.807) is 6.20 Å². The molecular weight excluding hydrogens is 801 g/mol. The SMILES string of the molecule is CC(C)(C)c1ccc2[nH]ccc2c1.CC(C)(C)c1ccc2[nH]ncc2c1.CC(C)(C)c1ccc2cn[nH]c2c1.CC(C)(C)c1cnc2[nH]ccc2c1.CC(C)(C)c1cnc2[nH]ncc2c1. The van der Waals surface area contributed by atoms with Crippen LogP contribution in [0.2, 0.25) is 0 Å². The fourth-order valence-corrected chi connectivity index (χ4v) is 6.93. The van der Waals surface area contributed by atoms with Crippen LogP contribution < -0.4 is 0 Å². The van der Waals surface area contributed by atoms with Gasteiger partial charge in [0, 0.05) is 51.8 Å². The number of nitrogens with one attached hydrogen (secondary N) is 5. The van der Waals surface area contributed by atoms with E-state index in [9.17, 15) is 0 Å². The highest BCUT2D eigenvalue weighted by Crippen LogP contribution is 2.28. The summed E-state index contributed by atoms with van der Waals surface area (Å²) in [5.41, 5.74) is 12.8. The van der Waals surface area contributed by atoms with Crippen LogP contribution in [0.3, 0.4) is 0 Å². The van der Waals surface area contributed by atoms with Crippen LogP contribution in [0.5, 0.6) is 0 Å². The van der Waals surface area contributed by atoms with Crippen molar-refractivity contribution in [2.75, 3.05) is 0 Å². The van der Waals surface area contributed by atoms with E-state index in [2.05, 4.69) is 233 Å². The van der Waals surface area contributed by atoms with Crippen LogP contribution in [0.25, 0.3) is 54.8 Å². The second kappa shape index (κ2) is 18.9. The van der Waals surface area contributed by atoms with Crippen molar-refractivity contribution in [2.24, 2.45) is 0 Å². The van der Waals surface area contributed by atoms with Gasteiger partial charge < -0.3 is 9.97 Å². The predicted octanol–water partition coefficient (Wildman–Crippen LogP) is 14.3. The van der Waals surface area contributed by atoms with E-state index in [1.165, 1.54) is 54.9 Å². The minimum atomic E-state index is 0.151. The highest BCUT2D eigenvalue weighted by molar-refractivity contribution is 5.81. The van der Waals surface area contributed by atoms with E-state index in [-0.39, 0.29) is 27.1 Å². The Morgan fingerprint density at radius 3 is 1.35 bits per heavy atom. The first kappa shape index (κ1) is 47.9. The van der Waals surface area contributed by atoms with Crippen molar-refractivity contribution in [3.63, 3.8) is 0 Å². The molecular formula is C55H70N10. The van der Waals surface area contributed by atoms with Gasteiger partial charge in [0.25, 0.3) is 0 Å². The first-order chi connectivity index (χ1) is 30.4. The Morgan fingerprint density at radius 1 is 0.308 bits per heavy atom. The van der Waals surface area contributed by atoms with Crippen molar-refractivity contribution in [1.29, 1.82) is 0 Å². The van der Waals surface area contributed by atoms with E-state index >= 15 is 0 Å². The van der Waals surface area contributed by atoms with E-state index in [4.69, 9.17) is 0 Å². The zero-order chi connectivity index (χ0) is 47.4. The highest BCUT2D eigenvalue weighted by atomic mass is 15.1. The number of rotatable bonds is 0. The van der Waals surface area contributed by atoms with Gasteiger partial charge in [-0.05, 0) is 115 Å². The highest BCUT2D eigenvalue weighted by Gasteiger charge is 2.17. The molecule has 0 fully saturated rings. The summed E-state index contributed by atoms with van der Waals surface area (Å²) < 4.78 is 0. The minimum Gasteiger partial charge on any atom is -0.361 e. The molecule has 340 valence electrons. The van der Waals surface area contributed by atoms with Gasteiger partial charge in [-0.3, -0.25) is 15.3 Å². The van der Waals surface area contributed by atoms with Crippen molar-refractivity contribution < 1.29 is 0 Å². The fraction of sp³-hybridized carbons (Fsp3) is 0.364. The Labute approximate surface area is 384 Å². The summed E-state index contributed by atoms with van der Waals surface area (Å²) in [4.78, 5) is 14.9. The van der Waals surface area contributed by atoms with E-state index in [1.807, 2.05) is 37.2 Å². The van der Waals surface area contributed by atoms with Gasteiger partial charge in [-0.25, -0.2) is 9.97 Å². The van der Waals surface area contributed by atoms with Gasteiger partial charge in [0.05, 0.1) is 29.6 Å². The summed E-state index contributed by atoms with van der Waals surface area (Å²) >= 11 is 0. The summed E-state index contributed by atoms with van der Waals surface area (Å²) in [6.45, 7) is 33.1. The summed E-state index contributed by atoms with van der Waals surface area (Å²) in [6, 6.07) is 28.0. The first-order valence-corrected chi connectivity index (χ1v) is 22.5. The number of pyridine rings is 2. The molecule has 7 aromatic heterocycles. The number of benzene rings is 3. The number of fused-ring (bicyclic) bond motifs is 5. The zero-order valence-corrected chi connectivity index (χ0v) is 41.3. The summed E-state index contributed by atoms with van der Waals surface area (Å²) in [7, 11) is 0. The molecule has 3 aromatic carbocycles. The maximum absolute atomic E-state index is 4.35. The van der Waals surface area contributed by atoms with Gasteiger partial charge in [-0.2, -0.15) is 15.3 Å². The van der Waals surface area contributed by atoms with Gasteiger partial charge in [-0.1, -0.05) is 128 Å². The molecule has 0 spiro atoms. The monoisotopic (exact) mass is 871 g/mol. The molecule has 0 radical (unpaired) electrons. The molecule has 0 aliphatic carbocycles. The number of hydrogen-bond acceptors (Lipinski definition) is 5. The molecule has 10 aromatic rings. The average Bonchev–Trinajstić information content (AvgIpc) is 4.09. The molecule has 7 heterocycles. The minimum absolute atomic E-state index is 0.151. The lowest BCUT2D eigenvalue weighted by atomic mass is 9.86. The van der Waals surface area contributed by atoms with Crippen LogP contribution in [0.1, 0.15) is 132 Å². The summed E-state index contributed by atoms with van der Waals surface area (Å²) in [5.74, 6) is 0. The number of hydrogen-bond donors (Lipinski definition) is 5. The Bertz CT molecular complexity index is 2590. The van der Waals surface area contributed by atoms with Crippen molar-refractivity contribution in [2.45, 2.75) is 131 Å². The lowest BCUT2D eigenvalue weighted by Crippen LogP contribution is -2.11. The first-order valence-electron chi connectivity index (χ1n) is 22.5. The van der Waals surface area contributed by atoms with E-state index < -0.39 is 0 Å². The molecule has 0 saturated heterocycles. The topological polar surface area (TPSA) is 143 Å². The third kappa shape index (κ3) is 12.6. The van der Waals surface area contributed by atoms with Crippen LogP contribution in [-0.2, 0) is 27.1 Å². The number of H-pyrrole nitrogens is 5. The number of aromatic nitrogens is 10. The molecule has 10 rings (SSSR count). The maximum Gasteiger partial charge on any atom is 0.155 e. The normalized spacial score (nSPS) is 12.2. The molecule has 0 amide bonds. The zero-order valence-electron chi connectivity index (χ0n) is 41.3. The maximum atomic E-state index is 4.35. The van der Waals surface area contributed by atoms with Crippen LogP contribution in [0.4, 0.5) is 0 Å². The lowest BCUT2D eigenvalue weighted by molar-refractivity contribution is 0.588.